The van der Waals surface area contributed by atoms with Gasteiger partial charge in [0.25, 0.3) is 0 Å². The van der Waals surface area contributed by atoms with Crippen LogP contribution in [0.1, 0.15) is 26.7 Å². The first-order valence-corrected chi connectivity index (χ1v) is 6.11. The maximum Gasteiger partial charge on any atom is 0.119 e. The van der Waals surface area contributed by atoms with Gasteiger partial charge in [0.1, 0.15) is 5.54 Å². The molecule has 0 amide bonds. The highest BCUT2D eigenvalue weighted by atomic mass is 16.5. The van der Waals surface area contributed by atoms with Gasteiger partial charge in [0, 0.05) is 19.1 Å². The third-order valence-electron chi connectivity index (χ3n) is 3.72. The second-order valence-corrected chi connectivity index (χ2v) is 5.35. The molecule has 0 aromatic rings. The van der Waals surface area contributed by atoms with Crippen LogP contribution in [0.2, 0.25) is 0 Å². The van der Waals surface area contributed by atoms with Gasteiger partial charge >= 0.3 is 0 Å². The van der Waals surface area contributed by atoms with Crippen LogP contribution in [0.3, 0.4) is 0 Å². The fourth-order valence-electron chi connectivity index (χ4n) is 2.38. The van der Waals surface area contributed by atoms with Crippen LogP contribution in [0, 0.1) is 17.2 Å². The largest absolute Gasteiger partial charge is 0.376 e. The summed E-state index contributed by atoms with van der Waals surface area (Å²) >= 11 is 0. The summed E-state index contributed by atoms with van der Waals surface area (Å²) in [4.78, 5) is 2.30. The highest BCUT2D eigenvalue weighted by molar-refractivity contribution is 5.15. The van der Waals surface area contributed by atoms with Crippen molar-refractivity contribution in [3.05, 3.63) is 0 Å². The molecule has 0 bridgehead atoms. The van der Waals surface area contributed by atoms with Gasteiger partial charge in [-0.15, -0.1) is 0 Å². The molecule has 0 spiro atoms. The first-order valence-electron chi connectivity index (χ1n) is 6.11. The molecule has 4 nitrogen and oxygen atoms in total. The smallest absolute Gasteiger partial charge is 0.119 e. The van der Waals surface area contributed by atoms with E-state index in [1.165, 1.54) is 0 Å². The molecule has 2 fully saturated rings. The minimum atomic E-state index is -0.647. The molecule has 1 saturated carbocycles. The maximum atomic E-state index is 9.25. The van der Waals surface area contributed by atoms with Crippen molar-refractivity contribution in [1.29, 1.82) is 5.26 Å². The topological polar surface area (TPSA) is 62.3 Å². The lowest BCUT2D eigenvalue weighted by atomic mass is 9.94. The summed E-state index contributed by atoms with van der Waals surface area (Å²) in [6.07, 6.45) is 2.47. The molecule has 2 N–H and O–H groups in total. The molecular formula is C12H21N3O. The molecule has 16 heavy (non-hydrogen) atoms. The summed E-state index contributed by atoms with van der Waals surface area (Å²) in [5.74, 6) is 0.405. The van der Waals surface area contributed by atoms with Crippen LogP contribution >= 0.6 is 0 Å². The Labute approximate surface area is 97.3 Å². The van der Waals surface area contributed by atoms with E-state index in [1.54, 1.807) is 0 Å². The van der Waals surface area contributed by atoms with E-state index < -0.39 is 5.54 Å². The fraction of sp³-hybridized carbons (Fsp3) is 0.917. The first-order chi connectivity index (χ1) is 7.55. The molecule has 0 radical (unpaired) electrons. The molecule has 4 heteroatoms. The predicted octanol–water partition coefficient (Wildman–Crippen LogP) is 0.727. The van der Waals surface area contributed by atoms with Crippen molar-refractivity contribution >= 4 is 0 Å². The van der Waals surface area contributed by atoms with E-state index in [9.17, 15) is 5.26 Å². The summed E-state index contributed by atoms with van der Waals surface area (Å²) in [6, 6.07) is 2.69. The van der Waals surface area contributed by atoms with Gasteiger partial charge in [-0.1, -0.05) is 0 Å². The lowest BCUT2D eigenvalue weighted by molar-refractivity contribution is -0.0544. The van der Waals surface area contributed by atoms with E-state index in [4.69, 9.17) is 10.5 Å². The van der Waals surface area contributed by atoms with Crippen LogP contribution in [0.4, 0.5) is 0 Å². The summed E-state index contributed by atoms with van der Waals surface area (Å²) in [7, 11) is 0. The number of rotatable bonds is 3. The van der Waals surface area contributed by atoms with E-state index in [1.807, 2.05) is 0 Å². The van der Waals surface area contributed by atoms with Crippen LogP contribution in [0.5, 0.6) is 0 Å². The van der Waals surface area contributed by atoms with Crippen molar-refractivity contribution in [1.82, 2.24) is 4.90 Å². The Morgan fingerprint density at radius 3 is 2.75 bits per heavy atom. The van der Waals surface area contributed by atoms with Gasteiger partial charge in [-0.3, -0.25) is 4.90 Å². The van der Waals surface area contributed by atoms with Crippen LogP contribution in [0.15, 0.2) is 0 Å². The van der Waals surface area contributed by atoms with Gasteiger partial charge in [-0.2, -0.15) is 5.26 Å². The van der Waals surface area contributed by atoms with E-state index >= 15 is 0 Å². The van der Waals surface area contributed by atoms with Gasteiger partial charge in [-0.05, 0) is 32.6 Å². The van der Waals surface area contributed by atoms with E-state index in [-0.39, 0.29) is 6.10 Å². The van der Waals surface area contributed by atoms with Crippen LogP contribution in [0.25, 0.3) is 0 Å². The molecule has 1 aliphatic carbocycles. The first kappa shape index (κ1) is 11.8. The highest BCUT2D eigenvalue weighted by Crippen LogP contribution is 2.38. The quantitative estimate of drug-likeness (QED) is 0.766. The monoisotopic (exact) mass is 223 g/mol. The van der Waals surface area contributed by atoms with Crippen molar-refractivity contribution < 1.29 is 4.74 Å². The Kier molecular flexibility index (Phi) is 3.20. The maximum absolute atomic E-state index is 9.25. The van der Waals surface area contributed by atoms with E-state index in [0.29, 0.717) is 18.5 Å². The minimum Gasteiger partial charge on any atom is -0.376 e. The van der Waals surface area contributed by atoms with Crippen LogP contribution < -0.4 is 5.73 Å². The normalized spacial score (nSPS) is 35.4. The number of nitrogens with two attached hydrogens (primary N) is 1. The fourth-order valence-corrected chi connectivity index (χ4v) is 2.38. The van der Waals surface area contributed by atoms with Crippen molar-refractivity contribution in [2.24, 2.45) is 11.7 Å². The molecule has 1 heterocycles. The van der Waals surface area contributed by atoms with Gasteiger partial charge in [0.2, 0.25) is 0 Å². The zero-order chi connectivity index (χ0) is 11.8. The van der Waals surface area contributed by atoms with Crippen LogP contribution in [-0.2, 0) is 4.74 Å². The SMILES string of the molecule is CC1CN(CC(N)(C#N)C2CC2)C(C)CO1. The summed E-state index contributed by atoms with van der Waals surface area (Å²) < 4.78 is 5.58. The van der Waals surface area contributed by atoms with Crippen molar-refractivity contribution in [3.63, 3.8) is 0 Å². The summed E-state index contributed by atoms with van der Waals surface area (Å²) in [5.41, 5.74) is 5.55. The molecule has 2 aliphatic rings. The molecule has 1 saturated heterocycles. The van der Waals surface area contributed by atoms with E-state index in [2.05, 4.69) is 24.8 Å². The van der Waals surface area contributed by atoms with Crippen molar-refractivity contribution in [3.8, 4) is 6.07 Å². The number of nitriles is 1. The van der Waals surface area contributed by atoms with Gasteiger partial charge < -0.3 is 10.5 Å². The Bertz CT molecular complexity index is 297. The van der Waals surface area contributed by atoms with Gasteiger partial charge in [0.05, 0.1) is 18.8 Å². The predicted molar refractivity (Wildman–Crippen MR) is 61.7 cm³/mol. The summed E-state index contributed by atoms with van der Waals surface area (Å²) in [5, 5.41) is 9.25. The lowest BCUT2D eigenvalue weighted by Gasteiger charge is -2.40. The molecular weight excluding hydrogens is 202 g/mol. The number of nitrogens with zero attached hydrogens (tertiary/aromatic N) is 2. The molecule has 0 aromatic carbocycles. The Morgan fingerprint density at radius 1 is 1.50 bits per heavy atom. The Balaban J connectivity index is 1.99. The van der Waals surface area contributed by atoms with Crippen LogP contribution in [-0.4, -0.2) is 42.3 Å². The zero-order valence-corrected chi connectivity index (χ0v) is 10.1. The Morgan fingerprint density at radius 2 is 2.19 bits per heavy atom. The molecule has 3 atom stereocenters. The molecule has 1 aliphatic heterocycles. The van der Waals surface area contributed by atoms with Gasteiger partial charge in [0.15, 0.2) is 0 Å². The third kappa shape index (κ3) is 2.37. The van der Waals surface area contributed by atoms with Crippen molar-refractivity contribution in [2.45, 2.75) is 44.4 Å². The number of ether oxygens (including phenoxy) is 1. The summed E-state index contributed by atoms with van der Waals surface area (Å²) in [6.45, 7) is 6.52. The second-order valence-electron chi connectivity index (χ2n) is 5.35. The number of hydrogen-bond acceptors (Lipinski definition) is 4. The van der Waals surface area contributed by atoms with E-state index in [0.717, 1.165) is 26.0 Å². The number of morpholine rings is 1. The lowest BCUT2D eigenvalue weighted by Crippen LogP contribution is -2.57. The third-order valence-corrected chi connectivity index (χ3v) is 3.72. The molecule has 0 aromatic heterocycles. The van der Waals surface area contributed by atoms with Crippen molar-refractivity contribution in [2.75, 3.05) is 19.7 Å². The zero-order valence-electron chi connectivity index (χ0n) is 10.1. The number of hydrogen-bond donors (Lipinski definition) is 1. The molecule has 2 rings (SSSR count). The molecule has 3 unspecified atom stereocenters. The van der Waals surface area contributed by atoms with Gasteiger partial charge in [-0.25, -0.2) is 0 Å². The average Bonchev–Trinajstić information content (AvgIpc) is 3.07. The molecule has 90 valence electrons. The Hall–Kier alpha value is -0.630. The standard InChI is InChI=1S/C12H21N3O/c1-9-6-16-10(2)5-15(9)8-12(14,7-13)11-3-4-11/h9-11H,3-6,8,14H2,1-2H3. The minimum absolute atomic E-state index is 0.248. The highest BCUT2D eigenvalue weighted by Gasteiger charge is 2.44. The average molecular weight is 223 g/mol. The second kappa shape index (κ2) is 4.33.